The highest BCUT2D eigenvalue weighted by atomic mass is 16.5. The van der Waals surface area contributed by atoms with Gasteiger partial charge in [0.2, 0.25) is 0 Å². The molecule has 0 N–H and O–H groups in total. The zero-order chi connectivity index (χ0) is 44.6. The fourth-order valence-corrected chi connectivity index (χ4v) is 7.46. The van der Waals surface area contributed by atoms with E-state index >= 15 is 0 Å². The van der Waals surface area contributed by atoms with Crippen LogP contribution in [0.2, 0.25) is 0 Å². The topological polar surface area (TPSA) is 106 Å². The molecule has 0 atom stereocenters. The third-order valence-corrected chi connectivity index (χ3v) is 11.0. The van der Waals surface area contributed by atoms with Gasteiger partial charge in [0, 0.05) is 60.0 Å². The van der Waals surface area contributed by atoms with Crippen molar-refractivity contribution in [3.8, 4) is 56.3 Å². The van der Waals surface area contributed by atoms with Crippen molar-refractivity contribution in [2.24, 2.45) is 0 Å². The molecule has 6 aromatic carbocycles. The molecule has 0 spiro atoms. The van der Waals surface area contributed by atoms with Gasteiger partial charge < -0.3 is 9.47 Å². The van der Waals surface area contributed by atoms with Crippen LogP contribution in [0.5, 0.6) is 11.5 Å². The second-order valence-corrected chi connectivity index (χ2v) is 15.6. The van der Waals surface area contributed by atoms with Crippen molar-refractivity contribution in [3.63, 3.8) is 0 Å². The first kappa shape index (κ1) is 42.8. The SMILES string of the molecule is c1ccc(-c2ccccc2OCCc2ccc(Cn3cc(-c4cccnc4)nn3)cc2)cc1.c1ccc(-c2ccccc2OCc2ccc(CCn3cc(-c4cccnc4)nn3)cc2)cc1. The van der Waals surface area contributed by atoms with E-state index in [2.05, 4.69) is 116 Å². The summed E-state index contributed by atoms with van der Waals surface area (Å²) in [6.07, 6.45) is 12.7. The first-order valence-corrected chi connectivity index (χ1v) is 22.0. The van der Waals surface area contributed by atoms with E-state index in [1.165, 1.54) is 16.7 Å². The van der Waals surface area contributed by atoms with Crippen LogP contribution in [-0.2, 0) is 32.5 Å². The molecular formula is C56H48N8O2. The van der Waals surface area contributed by atoms with Gasteiger partial charge in [-0.1, -0.05) is 156 Å². The van der Waals surface area contributed by atoms with Gasteiger partial charge in [0.05, 0.1) is 25.5 Å². The maximum Gasteiger partial charge on any atom is 0.127 e. The van der Waals surface area contributed by atoms with Crippen molar-refractivity contribution in [2.75, 3.05) is 6.61 Å². The van der Waals surface area contributed by atoms with Crippen LogP contribution in [0.3, 0.4) is 0 Å². The monoisotopic (exact) mass is 864 g/mol. The molecule has 0 saturated carbocycles. The van der Waals surface area contributed by atoms with Gasteiger partial charge in [-0.3, -0.25) is 14.6 Å². The van der Waals surface area contributed by atoms with E-state index in [0.29, 0.717) is 19.8 Å². The molecule has 0 fully saturated rings. The smallest absolute Gasteiger partial charge is 0.127 e. The Morgan fingerprint density at radius 3 is 1.44 bits per heavy atom. The number of benzene rings is 6. The van der Waals surface area contributed by atoms with Crippen molar-refractivity contribution in [1.29, 1.82) is 0 Å². The number of para-hydroxylation sites is 2. The molecule has 4 aromatic heterocycles. The predicted molar refractivity (Wildman–Crippen MR) is 259 cm³/mol. The number of pyridine rings is 2. The van der Waals surface area contributed by atoms with Crippen molar-refractivity contribution in [2.45, 2.75) is 32.5 Å². The lowest BCUT2D eigenvalue weighted by Crippen LogP contribution is -2.03. The third-order valence-electron chi connectivity index (χ3n) is 11.0. The van der Waals surface area contributed by atoms with Crippen LogP contribution in [0.4, 0.5) is 0 Å². The zero-order valence-electron chi connectivity index (χ0n) is 36.4. The highest BCUT2D eigenvalue weighted by Gasteiger charge is 2.09. The molecule has 10 nitrogen and oxygen atoms in total. The number of aromatic nitrogens is 8. The second kappa shape index (κ2) is 21.7. The quantitative estimate of drug-likeness (QED) is 0.0945. The first-order valence-electron chi connectivity index (χ1n) is 22.0. The van der Waals surface area contributed by atoms with Gasteiger partial charge in [0.15, 0.2) is 0 Å². The second-order valence-electron chi connectivity index (χ2n) is 15.6. The average Bonchev–Trinajstić information content (AvgIpc) is 4.08. The van der Waals surface area contributed by atoms with Crippen LogP contribution in [-0.4, -0.2) is 46.6 Å². The summed E-state index contributed by atoms with van der Waals surface area (Å²) in [5.74, 6) is 1.80. The minimum atomic E-state index is 0.529. The molecule has 0 aliphatic carbocycles. The molecule has 0 unspecified atom stereocenters. The van der Waals surface area contributed by atoms with Crippen molar-refractivity contribution < 1.29 is 9.47 Å². The van der Waals surface area contributed by atoms with Gasteiger partial charge in [-0.05, 0) is 76.2 Å². The molecule has 0 amide bonds. The Morgan fingerprint density at radius 1 is 0.394 bits per heavy atom. The highest BCUT2D eigenvalue weighted by Crippen LogP contribution is 2.31. The lowest BCUT2D eigenvalue weighted by atomic mass is 10.0. The van der Waals surface area contributed by atoms with Crippen molar-refractivity contribution >= 4 is 0 Å². The Balaban J connectivity index is 0.000000166. The molecule has 0 radical (unpaired) electrons. The first-order chi connectivity index (χ1) is 32.7. The van der Waals surface area contributed by atoms with Crippen LogP contribution < -0.4 is 9.47 Å². The van der Waals surface area contributed by atoms with Crippen molar-refractivity contribution in [3.05, 3.63) is 241 Å². The summed E-state index contributed by atoms with van der Waals surface area (Å²) in [5, 5.41) is 17.0. The summed E-state index contributed by atoms with van der Waals surface area (Å²) in [6.45, 7) is 2.60. The van der Waals surface area contributed by atoms with E-state index in [0.717, 1.165) is 81.2 Å². The Hall–Kier alpha value is -8.50. The number of nitrogens with zero attached hydrogens (tertiary/aromatic N) is 8. The average molecular weight is 865 g/mol. The van der Waals surface area contributed by atoms with E-state index in [9.17, 15) is 0 Å². The summed E-state index contributed by atoms with van der Waals surface area (Å²) >= 11 is 0. The van der Waals surface area contributed by atoms with Crippen molar-refractivity contribution in [1.82, 2.24) is 40.0 Å². The number of hydrogen-bond acceptors (Lipinski definition) is 8. The standard InChI is InChI=1S/2C28H24N4O/c1-2-7-24(8-3-1)26-10-4-5-11-28(26)33-21-23-14-12-22(13-15-23)16-18-32-20-27(30-31-32)25-9-6-17-29-19-25;1-2-7-24(8-3-1)26-10-4-5-11-28(26)33-18-16-22-12-14-23(15-13-22)20-32-21-27(30-31-32)25-9-6-17-29-19-25/h1-15,17,19-20H,16,18,21H2;1-15,17,19,21H,16,18,20H2. The molecule has 324 valence electrons. The zero-order valence-corrected chi connectivity index (χ0v) is 36.4. The van der Waals surface area contributed by atoms with Gasteiger partial charge >= 0.3 is 0 Å². The molecule has 10 aromatic rings. The molecule has 0 aliphatic heterocycles. The predicted octanol–water partition coefficient (Wildman–Crippen LogP) is 11.5. The van der Waals surface area contributed by atoms with Crippen LogP contribution in [0.15, 0.2) is 219 Å². The summed E-state index contributed by atoms with van der Waals surface area (Å²) in [5.41, 5.74) is 13.0. The molecule has 10 rings (SSSR count). The lowest BCUT2D eigenvalue weighted by Gasteiger charge is -2.12. The maximum atomic E-state index is 6.16. The normalized spacial score (nSPS) is 10.8. The fraction of sp³-hybridized carbons (Fsp3) is 0.107. The van der Waals surface area contributed by atoms with Crippen LogP contribution in [0.1, 0.15) is 22.3 Å². The van der Waals surface area contributed by atoms with E-state index in [1.807, 2.05) is 119 Å². The largest absolute Gasteiger partial charge is 0.493 e. The molecule has 4 heterocycles. The number of rotatable bonds is 16. The number of aryl methyl sites for hydroxylation is 2. The van der Waals surface area contributed by atoms with Gasteiger partial charge in [0.25, 0.3) is 0 Å². The van der Waals surface area contributed by atoms with Gasteiger partial charge in [-0.15, -0.1) is 10.2 Å². The van der Waals surface area contributed by atoms with E-state index < -0.39 is 0 Å². The molecule has 0 aliphatic rings. The maximum absolute atomic E-state index is 6.16. The summed E-state index contributed by atoms with van der Waals surface area (Å²) < 4.78 is 16.0. The molecule has 0 saturated heterocycles. The fourth-order valence-electron chi connectivity index (χ4n) is 7.46. The summed E-state index contributed by atoms with van der Waals surface area (Å²) in [4.78, 5) is 8.28. The third kappa shape index (κ3) is 11.5. The van der Waals surface area contributed by atoms with Gasteiger partial charge in [-0.2, -0.15) is 0 Å². The number of ether oxygens (including phenoxy) is 2. The Bertz CT molecular complexity index is 3010. The van der Waals surface area contributed by atoms with E-state index in [4.69, 9.17) is 9.47 Å². The van der Waals surface area contributed by atoms with Crippen LogP contribution in [0.25, 0.3) is 44.8 Å². The molecule has 66 heavy (non-hydrogen) atoms. The van der Waals surface area contributed by atoms with E-state index in [1.54, 1.807) is 24.8 Å². The molecule has 10 heteroatoms. The Morgan fingerprint density at radius 2 is 0.864 bits per heavy atom. The van der Waals surface area contributed by atoms with E-state index in [-0.39, 0.29) is 0 Å². The van der Waals surface area contributed by atoms with Crippen LogP contribution in [0, 0.1) is 0 Å². The summed E-state index contributed by atoms with van der Waals surface area (Å²) in [6, 6.07) is 61.9. The molecule has 0 bridgehead atoms. The minimum Gasteiger partial charge on any atom is -0.493 e. The number of hydrogen-bond donors (Lipinski definition) is 0. The molecular weight excluding hydrogens is 817 g/mol. The lowest BCUT2D eigenvalue weighted by molar-refractivity contribution is 0.307. The van der Waals surface area contributed by atoms with Crippen LogP contribution >= 0.6 is 0 Å². The Labute approximate surface area is 384 Å². The van der Waals surface area contributed by atoms with Gasteiger partial charge in [-0.25, -0.2) is 4.68 Å². The Kier molecular flexibility index (Phi) is 14.1. The van der Waals surface area contributed by atoms with Gasteiger partial charge in [0.1, 0.15) is 29.5 Å². The summed E-state index contributed by atoms with van der Waals surface area (Å²) in [7, 11) is 0. The highest BCUT2D eigenvalue weighted by molar-refractivity contribution is 5.71. The minimum absolute atomic E-state index is 0.529.